The molecule has 1 heterocycles. The van der Waals surface area contributed by atoms with E-state index < -0.39 is 0 Å². The maximum atomic E-state index is 8.60. The second kappa shape index (κ2) is 5.13. The summed E-state index contributed by atoms with van der Waals surface area (Å²) in [5.74, 6) is 0.482. The van der Waals surface area contributed by atoms with Gasteiger partial charge in [0.25, 0.3) is 0 Å². The van der Waals surface area contributed by atoms with Crippen molar-refractivity contribution in [3.8, 4) is 17.3 Å². The molecule has 0 aliphatic rings. The molecule has 3 nitrogen and oxygen atoms in total. The molecular weight excluding hydrogens is 257 g/mol. The summed E-state index contributed by atoms with van der Waals surface area (Å²) in [6, 6.07) is 8.95. The molecule has 17 heavy (non-hydrogen) atoms. The van der Waals surface area contributed by atoms with E-state index in [4.69, 9.17) is 28.5 Å². The highest BCUT2D eigenvalue weighted by molar-refractivity contribution is 6.36. The molecule has 0 aliphatic heterocycles. The molecule has 0 saturated carbocycles. The van der Waals surface area contributed by atoms with Crippen LogP contribution in [0.4, 0.5) is 0 Å². The Labute approximate surface area is 109 Å². The van der Waals surface area contributed by atoms with Crippen LogP contribution in [0.25, 0.3) is 11.3 Å². The number of nitriles is 1. The van der Waals surface area contributed by atoms with E-state index in [0.29, 0.717) is 21.6 Å². The summed E-state index contributed by atoms with van der Waals surface area (Å²) in [6.07, 6.45) is 1.79. The Balaban J connectivity index is 2.46. The monoisotopic (exact) mass is 263 g/mol. The van der Waals surface area contributed by atoms with E-state index in [1.54, 1.807) is 30.5 Å². The lowest BCUT2D eigenvalue weighted by Gasteiger charge is -2.04. The molecule has 0 saturated heterocycles. The van der Waals surface area contributed by atoms with Crippen molar-refractivity contribution < 1.29 is 0 Å². The lowest BCUT2D eigenvalue weighted by molar-refractivity contribution is 0.999. The zero-order chi connectivity index (χ0) is 12.3. The molecule has 0 amide bonds. The number of halogens is 2. The minimum Gasteiger partial charge on any atom is -0.240 e. The molecule has 0 bridgehead atoms. The number of hydrogen-bond donors (Lipinski definition) is 0. The summed E-state index contributed by atoms with van der Waals surface area (Å²) < 4.78 is 0. The molecule has 2 rings (SSSR count). The van der Waals surface area contributed by atoms with Crippen LogP contribution in [0.1, 0.15) is 5.82 Å². The fraction of sp³-hybridized carbons (Fsp3) is 0.0833. The number of benzene rings is 1. The molecule has 0 spiro atoms. The molecule has 84 valence electrons. The molecule has 0 aliphatic carbocycles. The van der Waals surface area contributed by atoms with Crippen LogP contribution in [0.15, 0.2) is 30.5 Å². The van der Waals surface area contributed by atoms with E-state index >= 15 is 0 Å². The van der Waals surface area contributed by atoms with Gasteiger partial charge in [-0.05, 0) is 24.3 Å². The van der Waals surface area contributed by atoms with Gasteiger partial charge in [-0.25, -0.2) is 9.97 Å². The maximum absolute atomic E-state index is 8.60. The predicted octanol–water partition coefficient (Wildman–Crippen LogP) is 3.52. The normalized spacial score (nSPS) is 9.94. The Morgan fingerprint density at radius 3 is 2.76 bits per heavy atom. The maximum Gasteiger partial charge on any atom is 0.142 e. The Kier molecular flexibility index (Phi) is 3.58. The summed E-state index contributed by atoms with van der Waals surface area (Å²) >= 11 is 11.9. The second-order valence-electron chi connectivity index (χ2n) is 3.32. The van der Waals surface area contributed by atoms with Gasteiger partial charge >= 0.3 is 0 Å². The highest BCUT2D eigenvalue weighted by atomic mass is 35.5. The van der Waals surface area contributed by atoms with Crippen molar-refractivity contribution in [3.05, 3.63) is 46.3 Å². The molecular formula is C12H7Cl2N3. The van der Waals surface area contributed by atoms with Crippen LogP contribution in [0.2, 0.25) is 10.0 Å². The molecule has 0 fully saturated rings. The molecule has 2 aromatic rings. The Hall–Kier alpha value is -1.63. The van der Waals surface area contributed by atoms with Crippen molar-refractivity contribution in [1.82, 2.24) is 9.97 Å². The van der Waals surface area contributed by atoms with Crippen LogP contribution in [0.3, 0.4) is 0 Å². The first-order chi connectivity index (χ1) is 8.20. The van der Waals surface area contributed by atoms with Crippen LogP contribution in [0, 0.1) is 11.3 Å². The van der Waals surface area contributed by atoms with E-state index in [2.05, 4.69) is 9.97 Å². The third-order valence-corrected chi connectivity index (χ3v) is 2.70. The van der Waals surface area contributed by atoms with Crippen LogP contribution in [-0.4, -0.2) is 9.97 Å². The van der Waals surface area contributed by atoms with Gasteiger partial charge in [0, 0.05) is 16.8 Å². The Morgan fingerprint density at radius 1 is 1.24 bits per heavy atom. The minimum absolute atomic E-state index is 0.180. The summed E-state index contributed by atoms with van der Waals surface area (Å²) in [5.41, 5.74) is 1.46. The summed E-state index contributed by atoms with van der Waals surface area (Å²) in [4.78, 5) is 8.26. The fourth-order valence-electron chi connectivity index (χ4n) is 1.40. The van der Waals surface area contributed by atoms with Gasteiger partial charge in [0.1, 0.15) is 5.82 Å². The largest absolute Gasteiger partial charge is 0.240 e. The van der Waals surface area contributed by atoms with E-state index in [-0.39, 0.29) is 6.42 Å². The molecule has 1 aromatic heterocycles. The van der Waals surface area contributed by atoms with Gasteiger partial charge in [0.2, 0.25) is 0 Å². The summed E-state index contributed by atoms with van der Waals surface area (Å²) in [5, 5.41) is 9.70. The Morgan fingerprint density at radius 2 is 2.06 bits per heavy atom. The average molecular weight is 264 g/mol. The predicted molar refractivity (Wildman–Crippen MR) is 66.8 cm³/mol. The zero-order valence-corrected chi connectivity index (χ0v) is 10.2. The summed E-state index contributed by atoms with van der Waals surface area (Å²) in [7, 11) is 0. The lowest BCUT2D eigenvalue weighted by Crippen LogP contribution is -1.95. The third kappa shape index (κ3) is 2.73. The highest BCUT2D eigenvalue weighted by Gasteiger charge is 2.06. The van der Waals surface area contributed by atoms with Gasteiger partial charge in [-0.15, -0.1) is 0 Å². The minimum atomic E-state index is 0.180. The van der Waals surface area contributed by atoms with Crippen molar-refractivity contribution in [3.63, 3.8) is 0 Å². The van der Waals surface area contributed by atoms with E-state index in [1.165, 1.54) is 0 Å². The van der Waals surface area contributed by atoms with Crippen molar-refractivity contribution in [2.45, 2.75) is 6.42 Å². The van der Waals surface area contributed by atoms with Gasteiger partial charge in [0.15, 0.2) is 0 Å². The standard InChI is InChI=1S/C12H7Cl2N3/c13-8-1-2-9(10(14)7-8)11-4-6-16-12(17-11)3-5-15/h1-2,4,6-7H,3H2. The van der Waals surface area contributed by atoms with Gasteiger partial charge in [0.05, 0.1) is 23.2 Å². The van der Waals surface area contributed by atoms with E-state index in [1.807, 2.05) is 6.07 Å². The van der Waals surface area contributed by atoms with Gasteiger partial charge < -0.3 is 0 Å². The van der Waals surface area contributed by atoms with Crippen molar-refractivity contribution >= 4 is 23.2 Å². The topological polar surface area (TPSA) is 49.6 Å². The Bertz CT molecular complexity index is 591. The third-order valence-electron chi connectivity index (χ3n) is 2.15. The average Bonchev–Trinajstić information content (AvgIpc) is 2.29. The first-order valence-corrected chi connectivity index (χ1v) is 5.60. The first kappa shape index (κ1) is 11.8. The number of aromatic nitrogens is 2. The zero-order valence-electron chi connectivity index (χ0n) is 8.69. The lowest BCUT2D eigenvalue weighted by atomic mass is 10.1. The van der Waals surface area contributed by atoms with Crippen LogP contribution in [0.5, 0.6) is 0 Å². The number of nitrogens with zero attached hydrogens (tertiary/aromatic N) is 3. The molecule has 0 unspecified atom stereocenters. The second-order valence-corrected chi connectivity index (χ2v) is 4.16. The number of rotatable bonds is 2. The summed E-state index contributed by atoms with van der Waals surface area (Å²) in [6.45, 7) is 0. The van der Waals surface area contributed by atoms with Gasteiger partial charge in [-0.2, -0.15) is 5.26 Å². The molecule has 0 atom stereocenters. The van der Waals surface area contributed by atoms with Crippen molar-refractivity contribution in [2.24, 2.45) is 0 Å². The van der Waals surface area contributed by atoms with Crippen LogP contribution < -0.4 is 0 Å². The van der Waals surface area contributed by atoms with E-state index in [9.17, 15) is 0 Å². The fourth-order valence-corrected chi connectivity index (χ4v) is 1.91. The number of hydrogen-bond acceptors (Lipinski definition) is 3. The SMILES string of the molecule is N#CCc1nccc(-c2ccc(Cl)cc2Cl)n1. The molecule has 0 radical (unpaired) electrons. The van der Waals surface area contributed by atoms with Gasteiger partial charge in [-0.3, -0.25) is 0 Å². The van der Waals surface area contributed by atoms with Crippen molar-refractivity contribution in [1.29, 1.82) is 5.26 Å². The molecule has 1 aromatic carbocycles. The quantitative estimate of drug-likeness (QED) is 0.833. The van der Waals surface area contributed by atoms with Crippen LogP contribution >= 0.6 is 23.2 Å². The van der Waals surface area contributed by atoms with Gasteiger partial charge in [-0.1, -0.05) is 23.2 Å². The van der Waals surface area contributed by atoms with Crippen LogP contribution in [-0.2, 0) is 6.42 Å². The first-order valence-electron chi connectivity index (χ1n) is 4.85. The van der Waals surface area contributed by atoms with E-state index in [0.717, 1.165) is 5.56 Å². The highest BCUT2D eigenvalue weighted by Crippen LogP contribution is 2.28. The smallest absolute Gasteiger partial charge is 0.142 e. The molecule has 5 heteroatoms. The molecule has 0 N–H and O–H groups in total. The van der Waals surface area contributed by atoms with Crippen molar-refractivity contribution in [2.75, 3.05) is 0 Å².